The van der Waals surface area contributed by atoms with E-state index in [1.165, 1.54) is 4.57 Å². The lowest BCUT2D eigenvalue weighted by Gasteiger charge is -2.28. The van der Waals surface area contributed by atoms with Crippen molar-refractivity contribution in [3.8, 4) is 11.1 Å². The Labute approximate surface area is 170 Å². The maximum Gasteiger partial charge on any atom is 0.339 e. The minimum absolute atomic E-state index is 0.243. The first-order valence-corrected chi connectivity index (χ1v) is 9.60. The number of nitrogens with zero attached hydrogens (tertiary/aromatic N) is 1. The van der Waals surface area contributed by atoms with Crippen molar-refractivity contribution in [2.24, 2.45) is 7.05 Å². The summed E-state index contributed by atoms with van der Waals surface area (Å²) in [4.78, 5) is 25.3. The number of carbonyl (C=O) groups is 1. The number of rotatable bonds is 4. The van der Waals surface area contributed by atoms with E-state index in [2.05, 4.69) is 6.07 Å². The molecule has 152 valence electrons. The van der Waals surface area contributed by atoms with Crippen LogP contribution in [0.4, 0.5) is 0 Å². The highest BCUT2D eigenvalue weighted by Crippen LogP contribution is 2.37. The molecule has 5 heteroatoms. The van der Waals surface area contributed by atoms with Gasteiger partial charge < -0.3 is 14.4 Å². The molecule has 0 radical (unpaired) electrons. The van der Waals surface area contributed by atoms with Gasteiger partial charge in [-0.1, -0.05) is 47.5 Å². The van der Waals surface area contributed by atoms with Crippen LogP contribution in [-0.2, 0) is 16.6 Å². The van der Waals surface area contributed by atoms with Crippen molar-refractivity contribution >= 4 is 16.7 Å². The number of carboxylic acid groups (broad SMARTS) is 1. The zero-order chi connectivity index (χ0) is 21.5. The Balaban J connectivity index is 2.50. The van der Waals surface area contributed by atoms with Crippen LogP contribution in [0.3, 0.4) is 0 Å². The van der Waals surface area contributed by atoms with Gasteiger partial charge in [-0.15, -0.1) is 0 Å². The van der Waals surface area contributed by atoms with E-state index in [1.54, 1.807) is 33.9 Å². The molecule has 29 heavy (non-hydrogen) atoms. The van der Waals surface area contributed by atoms with Crippen LogP contribution in [0.5, 0.6) is 0 Å². The van der Waals surface area contributed by atoms with Gasteiger partial charge in [-0.05, 0) is 51.6 Å². The van der Waals surface area contributed by atoms with Crippen LogP contribution >= 0.6 is 0 Å². The summed E-state index contributed by atoms with van der Waals surface area (Å²) in [6.45, 7) is 9.41. The fraction of sp³-hybridized carbons (Fsp3) is 0.333. The Morgan fingerprint density at radius 2 is 1.59 bits per heavy atom. The normalized spacial score (nSPS) is 12.9. The van der Waals surface area contributed by atoms with E-state index >= 15 is 0 Å². The van der Waals surface area contributed by atoms with E-state index in [0.717, 1.165) is 22.1 Å². The first-order chi connectivity index (χ1) is 13.5. The molecule has 0 saturated carbocycles. The van der Waals surface area contributed by atoms with Gasteiger partial charge in [0.2, 0.25) is 0 Å². The summed E-state index contributed by atoms with van der Waals surface area (Å²) in [6, 6.07) is 13.4. The number of ether oxygens (including phenoxy) is 1. The number of carboxylic acids is 1. The third-order valence-electron chi connectivity index (χ3n) is 4.80. The van der Waals surface area contributed by atoms with Crippen LogP contribution in [0.2, 0.25) is 0 Å². The van der Waals surface area contributed by atoms with Crippen molar-refractivity contribution in [2.45, 2.75) is 46.3 Å². The summed E-state index contributed by atoms with van der Waals surface area (Å²) in [5.74, 6) is -1.13. The molecule has 2 aromatic carbocycles. The molecule has 1 aromatic heterocycles. The molecule has 3 rings (SSSR count). The van der Waals surface area contributed by atoms with E-state index in [1.807, 2.05) is 44.2 Å². The maximum absolute atomic E-state index is 13.1. The first kappa shape index (κ1) is 20.8. The van der Waals surface area contributed by atoms with E-state index in [9.17, 15) is 14.7 Å². The van der Waals surface area contributed by atoms with Gasteiger partial charge in [0.1, 0.15) is 0 Å². The standard InChI is InChI=1S/C24H27NO4/c1-14-11-15(2)13-16(12-14)19-17-9-7-8-10-18(17)22(26)25(6)20(19)21(23(27)28)29-24(3,4)5/h7-13,21H,1-6H3,(H,27,28). The highest BCUT2D eigenvalue weighted by molar-refractivity contribution is 5.99. The molecule has 1 heterocycles. The topological polar surface area (TPSA) is 68.5 Å². The van der Waals surface area contributed by atoms with E-state index in [0.29, 0.717) is 16.6 Å². The molecule has 1 unspecified atom stereocenters. The molecule has 0 amide bonds. The third-order valence-corrected chi connectivity index (χ3v) is 4.80. The second kappa shape index (κ2) is 7.48. The Kier molecular flexibility index (Phi) is 5.37. The molecule has 0 fully saturated rings. The summed E-state index contributed by atoms with van der Waals surface area (Å²) in [6.07, 6.45) is -1.28. The van der Waals surface area contributed by atoms with Crippen molar-refractivity contribution in [3.63, 3.8) is 0 Å². The summed E-state index contributed by atoms with van der Waals surface area (Å²) in [5.41, 5.74) is 3.11. The van der Waals surface area contributed by atoms with Gasteiger partial charge in [0.05, 0.1) is 11.3 Å². The first-order valence-electron chi connectivity index (χ1n) is 9.60. The SMILES string of the molecule is Cc1cc(C)cc(-c2c(C(OC(C)(C)C)C(=O)O)n(C)c(=O)c3ccccc23)c1. The van der Waals surface area contributed by atoms with Gasteiger partial charge in [-0.3, -0.25) is 4.79 Å². The van der Waals surface area contributed by atoms with Crippen LogP contribution in [0.1, 0.15) is 43.7 Å². The highest BCUT2D eigenvalue weighted by atomic mass is 16.5. The van der Waals surface area contributed by atoms with Crippen molar-refractivity contribution in [1.29, 1.82) is 0 Å². The second-order valence-electron chi connectivity index (χ2n) is 8.49. The van der Waals surface area contributed by atoms with Crippen LogP contribution < -0.4 is 5.56 Å². The minimum atomic E-state index is -1.28. The zero-order valence-electron chi connectivity index (χ0n) is 17.7. The molecule has 0 bridgehead atoms. The molecule has 5 nitrogen and oxygen atoms in total. The largest absolute Gasteiger partial charge is 0.479 e. The zero-order valence-corrected chi connectivity index (χ0v) is 17.7. The third kappa shape index (κ3) is 4.10. The Morgan fingerprint density at radius 1 is 1.03 bits per heavy atom. The van der Waals surface area contributed by atoms with Gasteiger partial charge in [0.15, 0.2) is 6.10 Å². The molecule has 0 aliphatic heterocycles. The van der Waals surface area contributed by atoms with Crippen molar-refractivity contribution in [1.82, 2.24) is 4.57 Å². The van der Waals surface area contributed by atoms with E-state index in [4.69, 9.17) is 4.74 Å². The summed E-state index contributed by atoms with van der Waals surface area (Å²) in [5, 5.41) is 11.3. The number of fused-ring (bicyclic) bond motifs is 1. The average Bonchev–Trinajstić information content (AvgIpc) is 2.61. The van der Waals surface area contributed by atoms with Crippen LogP contribution in [0.15, 0.2) is 47.3 Å². The van der Waals surface area contributed by atoms with Gasteiger partial charge in [0, 0.05) is 18.0 Å². The molecule has 0 saturated heterocycles. The predicted molar refractivity (Wildman–Crippen MR) is 115 cm³/mol. The number of hydrogen-bond donors (Lipinski definition) is 1. The smallest absolute Gasteiger partial charge is 0.339 e. The van der Waals surface area contributed by atoms with Gasteiger partial charge in [0.25, 0.3) is 5.56 Å². The Bertz CT molecular complexity index is 1130. The summed E-state index contributed by atoms with van der Waals surface area (Å²) in [7, 11) is 1.61. The Morgan fingerprint density at radius 3 is 2.10 bits per heavy atom. The Hall–Kier alpha value is -2.92. The molecule has 0 aliphatic rings. The molecule has 0 spiro atoms. The van der Waals surface area contributed by atoms with Crippen molar-refractivity contribution in [2.75, 3.05) is 0 Å². The number of aromatic nitrogens is 1. The number of aliphatic carboxylic acids is 1. The second-order valence-corrected chi connectivity index (χ2v) is 8.49. The number of pyridine rings is 1. The van der Waals surface area contributed by atoms with Gasteiger partial charge in [-0.2, -0.15) is 0 Å². The molecule has 1 N–H and O–H groups in total. The molecule has 0 aliphatic carbocycles. The molecule has 3 aromatic rings. The fourth-order valence-electron chi connectivity index (χ4n) is 3.79. The number of benzene rings is 2. The van der Waals surface area contributed by atoms with Gasteiger partial charge >= 0.3 is 5.97 Å². The minimum Gasteiger partial charge on any atom is -0.479 e. The fourth-order valence-corrected chi connectivity index (χ4v) is 3.79. The van der Waals surface area contributed by atoms with E-state index < -0.39 is 17.7 Å². The van der Waals surface area contributed by atoms with Gasteiger partial charge in [-0.25, -0.2) is 4.79 Å². The van der Waals surface area contributed by atoms with E-state index in [-0.39, 0.29) is 5.56 Å². The highest BCUT2D eigenvalue weighted by Gasteiger charge is 2.32. The average molecular weight is 393 g/mol. The number of hydrogen-bond acceptors (Lipinski definition) is 3. The lowest BCUT2D eigenvalue weighted by atomic mass is 9.92. The van der Waals surface area contributed by atoms with Crippen LogP contribution in [-0.4, -0.2) is 21.2 Å². The number of aryl methyl sites for hydroxylation is 2. The molecular formula is C24H27NO4. The lowest BCUT2D eigenvalue weighted by Crippen LogP contribution is -2.32. The molecular weight excluding hydrogens is 366 g/mol. The van der Waals surface area contributed by atoms with Crippen LogP contribution in [0.25, 0.3) is 21.9 Å². The monoisotopic (exact) mass is 393 g/mol. The summed E-state index contributed by atoms with van der Waals surface area (Å²) < 4.78 is 7.35. The quantitative estimate of drug-likeness (QED) is 0.694. The van der Waals surface area contributed by atoms with Crippen molar-refractivity contribution in [3.05, 3.63) is 69.6 Å². The molecule has 1 atom stereocenters. The summed E-state index contributed by atoms with van der Waals surface area (Å²) >= 11 is 0. The maximum atomic E-state index is 13.1. The lowest BCUT2D eigenvalue weighted by molar-refractivity contribution is -0.161. The predicted octanol–water partition coefficient (Wildman–Crippen LogP) is 4.76. The van der Waals surface area contributed by atoms with Crippen molar-refractivity contribution < 1.29 is 14.6 Å². The van der Waals surface area contributed by atoms with Crippen LogP contribution in [0, 0.1) is 13.8 Å².